The normalized spacial score (nSPS) is 13.1. The molecule has 0 unspecified atom stereocenters. The van der Waals surface area contributed by atoms with Crippen LogP contribution in [-0.4, -0.2) is 29.2 Å². The summed E-state index contributed by atoms with van der Waals surface area (Å²) in [5.41, 5.74) is 3.72. The van der Waals surface area contributed by atoms with E-state index in [1.165, 1.54) is 11.3 Å². The zero-order chi connectivity index (χ0) is 18.6. The molecule has 0 saturated heterocycles. The number of amides is 1. The molecule has 0 saturated carbocycles. The van der Waals surface area contributed by atoms with Crippen LogP contribution in [0.25, 0.3) is 0 Å². The van der Waals surface area contributed by atoms with Crippen LogP contribution in [0.15, 0.2) is 66.7 Å². The summed E-state index contributed by atoms with van der Waals surface area (Å²) in [5.74, 6) is 0.642. The van der Waals surface area contributed by atoms with E-state index in [-0.39, 0.29) is 5.91 Å². The van der Waals surface area contributed by atoms with Gasteiger partial charge in [-0.2, -0.15) is 0 Å². The average molecular weight is 358 g/mol. The smallest absolute Gasteiger partial charge is 0.278 e. The van der Waals surface area contributed by atoms with Crippen molar-refractivity contribution in [2.45, 2.75) is 19.8 Å². The highest BCUT2D eigenvalue weighted by molar-refractivity contribution is 6.04. The van der Waals surface area contributed by atoms with Gasteiger partial charge in [0.1, 0.15) is 0 Å². The van der Waals surface area contributed by atoms with Gasteiger partial charge >= 0.3 is 0 Å². The SMILES string of the molecule is CCN(C(=O)c1ccc(N2CCCc3ccccc32)nn1)c1ccccc1. The van der Waals surface area contributed by atoms with Crippen LogP contribution in [0.4, 0.5) is 17.2 Å². The number of anilines is 3. The van der Waals surface area contributed by atoms with Crippen molar-refractivity contribution in [2.24, 2.45) is 0 Å². The number of nitrogens with zero attached hydrogens (tertiary/aromatic N) is 4. The Bertz CT molecular complexity index is 925. The van der Waals surface area contributed by atoms with E-state index in [9.17, 15) is 4.79 Å². The van der Waals surface area contributed by atoms with Crippen molar-refractivity contribution in [1.29, 1.82) is 0 Å². The van der Waals surface area contributed by atoms with Crippen molar-refractivity contribution >= 4 is 23.1 Å². The molecule has 0 fully saturated rings. The van der Waals surface area contributed by atoms with E-state index < -0.39 is 0 Å². The van der Waals surface area contributed by atoms with Gasteiger partial charge in [0.05, 0.1) is 0 Å². The Morgan fingerprint density at radius 3 is 2.52 bits per heavy atom. The molecule has 0 atom stereocenters. The van der Waals surface area contributed by atoms with Gasteiger partial charge in [-0.3, -0.25) is 4.79 Å². The summed E-state index contributed by atoms with van der Waals surface area (Å²) < 4.78 is 0. The fraction of sp³-hybridized carbons (Fsp3) is 0.227. The van der Waals surface area contributed by atoms with Crippen LogP contribution in [0, 0.1) is 0 Å². The molecule has 5 nitrogen and oxygen atoms in total. The molecule has 0 spiro atoms. The fourth-order valence-corrected chi connectivity index (χ4v) is 3.54. The number of para-hydroxylation sites is 2. The third-order valence-electron chi connectivity index (χ3n) is 4.89. The Hall–Kier alpha value is -3.21. The van der Waals surface area contributed by atoms with Gasteiger partial charge in [0, 0.05) is 24.5 Å². The summed E-state index contributed by atoms with van der Waals surface area (Å²) in [4.78, 5) is 16.8. The van der Waals surface area contributed by atoms with Crippen LogP contribution in [0.5, 0.6) is 0 Å². The molecule has 4 rings (SSSR count). The molecule has 0 N–H and O–H groups in total. The highest BCUT2D eigenvalue weighted by Gasteiger charge is 2.21. The molecule has 1 aliphatic heterocycles. The Morgan fingerprint density at radius 2 is 1.78 bits per heavy atom. The van der Waals surface area contributed by atoms with Crippen LogP contribution in [0.3, 0.4) is 0 Å². The lowest BCUT2D eigenvalue weighted by atomic mass is 10.0. The molecular formula is C22H22N4O. The Labute approximate surface area is 159 Å². The maximum Gasteiger partial charge on any atom is 0.278 e. The van der Waals surface area contributed by atoms with Gasteiger partial charge in [0.2, 0.25) is 0 Å². The third kappa shape index (κ3) is 3.40. The highest BCUT2D eigenvalue weighted by Crippen LogP contribution is 2.31. The second-order valence-electron chi connectivity index (χ2n) is 6.55. The van der Waals surface area contributed by atoms with Crippen molar-refractivity contribution in [3.05, 3.63) is 78.0 Å². The van der Waals surface area contributed by atoms with Gasteiger partial charge in [0.15, 0.2) is 11.5 Å². The lowest BCUT2D eigenvalue weighted by Crippen LogP contribution is -2.32. The van der Waals surface area contributed by atoms with E-state index in [2.05, 4.69) is 33.3 Å². The largest absolute Gasteiger partial charge is 0.325 e. The van der Waals surface area contributed by atoms with Gasteiger partial charge in [-0.15, -0.1) is 10.2 Å². The van der Waals surface area contributed by atoms with Gasteiger partial charge in [-0.05, 0) is 55.7 Å². The number of hydrogen-bond donors (Lipinski definition) is 0. The lowest BCUT2D eigenvalue weighted by Gasteiger charge is -2.30. The summed E-state index contributed by atoms with van der Waals surface area (Å²) >= 11 is 0. The summed E-state index contributed by atoms with van der Waals surface area (Å²) in [6.07, 6.45) is 2.16. The predicted octanol–water partition coefficient (Wildman–Crippen LogP) is 4.23. The zero-order valence-corrected chi connectivity index (χ0v) is 15.4. The van der Waals surface area contributed by atoms with E-state index in [1.807, 2.05) is 49.4 Å². The fourth-order valence-electron chi connectivity index (χ4n) is 3.54. The van der Waals surface area contributed by atoms with E-state index in [0.29, 0.717) is 12.2 Å². The minimum Gasteiger partial charge on any atom is -0.325 e. The maximum absolute atomic E-state index is 12.9. The van der Waals surface area contributed by atoms with Crippen LogP contribution in [-0.2, 0) is 6.42 Å². The average Bonchev–Trinajstić information content (AvgIpc) is 2.75. The number of benzene rings is 2. The van der Waals surface area contributed by atoms with Crippen molar-refractivity contribution in [1.82, 2.24) is 10.2 Å². The number of fused-ring (bicyclic) bond motifs is 1. The molecule has 1 aromatic heterocycles. The van der Waals surface area contributed by atoms with E-state index >= 15 is 0 Å². The monoisotopic (exact) mass is 358 g/mol. The molecule has 5 heteroatoms. The quantitative estimate of drug-likeness (QED) is 0.700. The molecule has 2 heterocycles. The van der Waals surface area contributed by atoms with E-state index in [0.717, 1.165) is 30.9 Å². The van der Waals surface area contributed by atoms with Crippen LogP contribution in [0.1, 0.15) is 29.4 Å². The topological polar surface area (TPSA) is 49.3 Å². The van der Waals surface area contributed by atoms with Gasteiger partial charge < -0.3 is 9.80 Å². The number of carbonyl (C=O) groups excluding carboxylic acids is 1. The number of hydrogen-bond acceptors (Lipinski definition) is 4. The summed E-state index contributed by atoms with van der Waals surface area (Å²) in [7, 11) is 0. The first kappa shape index (κ1) is 17.2. The van der Waals surface area contributed by atoms with E-state index in [4.69, 9.17) is 0 Å². The Morgan fingerprint density at radius 1 is 1.00 bits per heavy atom. The Kier molecular flexibility index (Phi) is 4.83. The Balaban J connectivity index is 1.59. The highest BCUT2D eigenvalue weighted by atomic mass is 16.2. The zero-order valence-electron chi connectivity index (χ0n) is 15.4. The third-order valence-corrected chi connectivity index (χ3v) is 4.89. The van der Waals surface area contributed by atoms with Gasteiger partial charge in [0.25, 0.3) is 5.91 Å². The first-order valence-electron chi connectivity index (χ1n) is 9.34. The van der Waals surface area contributed by atoms with Gasteiger partial charge in [-0.25, -0.2) is 0 Å². The molecule has 27 heavy (non-hydrogen) atoms. The molecule has 1 aliphatic rings. The second kappa shape index (κ2) is 7.58. The number of carbonyl (C=O) groups is 1. The lowest BCUT2D eigenvalue weighted by molar-refractivity contribution is 0.0982. The maximum atomic E-state index is 12.9. The predicted molar refractivity (Wildman–Crippen MR) is 108 cm³/mol. The molecule has 0 radical (unpaired) electrons. The van der Waals surface area contributed by atoms with Crippen LogP contribution < -0.4 is 9.80 Å². The van der Waals surface area contributed by atoms with Crippen molar-refractivity contribution in [2.75, 3.05) is 22.9 Å². The number of aryl methyl sites for hydroxylation is 1. The number of rotatable bonds is 4. The first-order chi connectivity index (χ1) is 13.3. The van der Waals surface area contributed by atoms with Gasteiger partial charge in [-0.1, -0.05) is 36.4 Å². The molecule has 2 aromatic carbocycles. The summed E-state index contributed by atoms with van der Waals surface area (Å²) in [5, 5.41) is 8.60. The van der Waals surface area contributed by atoms with E-state index in [1.54, 1.807) is 11.0 Å². The molecule has 136 valence electrons. The molecule has 0 aliphatic carbocycles. The second-order valence-corrected chi connectivity index (χ2v) is 6.55. The molecule has 0 bridgehead atoms. The summed E-state index contributed by atoms with van der Waals surface area (Å²) in [6, 6.07) is 21.7. The minimum absolute atomic E-state index is 0.137. The van der Waals surface area contributed by atoms with Crippen molar-refractivity contribution in [3.63, 3.8) is 0 Å². The molecular weight excluding hydrogens is 336 g/mol. The van der Waals surface area contributed by atoms with Crippen molar-refractivity contribution in [3.8, 4) is 0 Å². The van der Waals surface area contributed by atoms with Crippen LogP contribution in [0.2, 0.25) is 0 Å². The minimum atomic E-state index is -0.137. The van der Waals surface area contributed by atoms with Crippen molar-refractivity contribution < 1.29 is 4.79 Å². The molecule has 3 aromatic rings. The van der Waals surface area contributed by atoms with Crippen LogP contribution >= 0.6 is 0 Å². The first-order valence-corrected chi connectivity index (χ1v) is 9.34. The standard InChI is InChI=1S/C22H22N4O/c1-2-25(18-11-4-3-5-12-18)22(27)19-14-15-21(24-23-19)26-16-8-10-17-9-6-7-13-20(17)26/h3-7,9,11-15H,2,8,10,16H2,1H3. The number of aromatic nitrogens is 2. The summed E-state index contributed by atoms with van der Waals surface area (Å²) in [6.45, 7) is 3.44. The molecule has 1 amide bonds.